The molecule has 0 saturated carbocycles. The number of carboxylic acids is 1. The second-order valence-electron chi connectivity index (χ2n) is 6.47. The minimum atomic E-state index is -1.22. The summed E-state index contributed by atoms with van der Waals surface area (Å²) in [6.07, 6.45) is 0. The number of tetrazole rings is 1. The number of nitrogens with two attached hydrogens (primary N) is 1. The number of anilines is 1. The topological polar surface area (TPSA) is 182 Å². The quantitative estimate of drug-likeness (QED) is 0.250. The zero-order chi connectivity index (χ0) is 23.0. The van der Waals surface area contributed by atoms with Crippen molar-refractivity contribution in [1.29, 1.82) is 0 Å². The molecule has 0 bridgehead atoms. The Bertz CT molecular complexity index is 1160. The Morgan fingerprint density at radius 3 is 2.84 bits per heavy atom. The average Bonchev–Trinajstić information content (AvgIpc) is 3.37. The van der Waals surface area contributed by atoms with E-state index >= 15 is 0 Å². The fourth-order valence-electron chi connectivity index (χ4n) is 3.05. The van der Waals surface area contributed by atoms with Gasteiger partial charge in [0.25, 0.3) is 11.8 Å². The predicted octanol–water partition coefficient (Wildman–Crippen LogP) is -0.246. The Kier molecular flexibility index (Phi) is 6.36. The van der Waals surface area contributed by atoms with Crippen LogP contribution in [0.1, 0.15) is 5.82 Å². The number of nitrogens with one attached hydrogen (secondary N) is 1. The highest BCUT2D eigenvalue weighted by atomic mass is 35.5. The Balaban J connectivity index is 1.48. The number of hydrogen-bond acceptors (Lipinski definition) is 12. The Labute approximate surface area is 197 Å². The SMILES string of the molecule is Cn1nnnc1SCC1=C(C(=O)O)N2C(=O)C(NC(=O)/C(=C\Cl)c3nsc(N)n3)[C@@H]2SC1. The van der Waals surface area contributed by atoms with Gasteiger partial charge in [-0.1, -0.05) is 23.4 Å². The van der Waals surface area contributed by atoms with Gasteiger partial charge in [-0.25, -0.2) is 9.48 Å². The van der Waals surface area contributed by atoms with Crippen LogP contribution in [0.15, 0.2) is 22.0 Å². The third-order valence-electron chi connectivity index (χ3n) is 4.53. The number of amides is 2. The van der Waals surface area contributed by atoms with Gasteiger partial charge in [0.05, 0.1) is 5.57 Å². The molecule has 1 saturated heterocycles. The third-order valence-corrected chi connectivity index (χ3v) is 7.73. The zero-order valence-electron chi connectivity index (χ0n) is 16.1. The molecule has 168 valence electrons. The summed E-state index contributed by atoms with van der Waals surface area (Å²) in [4.78, 5) is 42.5. The van der Waals surface area contributed by atoms with Crippen molar-refractivity contribution in [1.82, 2.24) is 39.8 Å². The lowest BCUT2D eigenvalue weighted by atomic mass is 10.0. The number of aliphatic carboxylic acids is 1. The second kappa shape index (κ2) is 9.05. The minimum Gasteiger partial charge on any atom is -0.477 e. The van der Waals surface area contributed by atoms with E-state index in [4.69, 9.17) is 17.3 Å². The molecule has 2 amide bonds. The first-order valence-electron chi connectivity index (χ1n) is 8.77. The molecule has 0 aliphatic carbocycles. The number of carbonyl (C=O) groups excluding carboxylic acids is 2. The van der Waals surface area contributed by atoms with E-state index in [1.54, 1.807) is 7.05 Å². The maximum Gasteiger partial charge on any atom is 0.352 e. The molecule has 2 atom stereocenters. The van der Waals surface area contributed by atoms with Gasteiger partial charge in [-0.2, -0.15) is 9.36 Å². The number of carboxylic acid groups (broad SMARTS) is 1. The largest absolute Gasteiger partial charge is 0.477 e. The van der Waals surface area contributed by atoms with Gasteiger partial charge in [0.15, 0.2) is 11.0 Å². The monoisotopic (exact) mass is 515 g/mol. The normalized spacial score (nSPS) is 20.8. The molecule has 2 aromatic rings. The number of nitrogen functional groups attached to an aromatic ring is 1. The van der Waals surface area contributed by atoms with Gasteiger partial charge in [0.1, 0.15) is 17.1 Å². The lowest BCUT2D eigenvalue weighted by Gasteiger charge is -2.49. The molecule has 1 unspecified atom stereocenters. The number of halogens is 1. The number of fused-ring (bicyclic) bond motifs is 1. The molecule has 17 heteroatoms. The summed E-state index contributed by atoms with van der Waals surface area (Å²) in [7, 11) is 1.67. The number of rotatable bonds is 7. The van der Waals surface area contributed by atoms with Crippen molar-refractivity contribution in [2.45, 2.75) is 16.6 Å². The zero-order valence-corrected chi connectivity index (χ0v) is 19.3. The van der Waals surface area contributed by atoms with Gasteiger partial charge < -0.3 is 16.2 Å². The summed E-state index contributed by atoms with van der Waals surface area (Å²) in [5.74, 6) is -1.70. The van der Waals surface area contributed by atoms with Crippen molar-refractivity contribution in [3.8, 4) is 0 Å². The van der Waals surface area contributed by atoms with Crippen LogP contribution in [0.25, 0.3) is 5.57 Å². The van der Waals surface area contributed by atoms with Crippen LogP contribution >= 0.6 is 46.7 Å². The van der Waals surface area contributed by atoms with Crippen LogP contribution in [-0.4, -0.2) is 80.3 Å². The standard InChI is InChI=1S/C15H14ClN9O4S3/c1-24-15(20-22-23-24)31-4-5-3-30-12-7(11(27)25(12)8(5)13(28)29)18-10(26)6(2-16)9-19-14(17)32-21-9/h2,7,12H,3-4H2,1H3,(H,18,26)(H,28,29)(H2,17,19,21)/b6-2-/t7?,12-/m0/s1. The van der Waals surface area contributed by atoms with E-state index in [9.17, 15) is 19.5 Å². The molecule has 1 fully saturated rings. The van der Waals surface area contributed by atoms with Crippen molar-refractivity contribution in [2.75, 3.05) is 17.2 Å². The van der Waals surface area contributed by atoms with Gasteiger partial charge in [-0.15, -0.1) is 16.9 Å². The third kappa shape index (κ3) is 4.05. The molecule has 2 aliphatic rings. The van der Waals surface area contributed by atoms with Crippen LogP contribution in [0, 0.1) is 0 Å². The van der Waals surface area contributed by atoms with Crippen LogP contribution in [0.3, 0.4) is 0 Å². The van der Waals surface area contributed by atoms with Crippen molar-refractivity contribution in [3.63, 3.8) is 0 Å². The highest BCUT2D eigenvalue weighted by Gasteiger charge is 2.54. The maximum atomic E-state index is 12.8. The molecule has 0 radical (unpaired) electrons. The molecule has 0 aromatic carbocycles. The second-order valence-corrected chi connectivity index (χ2v) is 9.52. The van der Waals surface area contributed by atoms with E-state index in [2.05, 4.69) is 30.2 Å². The van der Waals surface area contributed by atoms with Crippen LogP contribution in [-0.2, 0) is 21.4 Å². The van der Waals surface area contributed by atoms with E-state index in [0.29, 0.717) is 22.2 Å². The van der Waals surface area contributed by atoms with Crippen LogP contribution in [0.5, 0.6) is 0 Å². The van der Waals surface area contributed by atoms with Crippen molar-refractivity contribution < 1.29 is 19.5 Å². The van der Waals surface area contributed by atoms with E-state index in [1.807, 2.05) is 0 Å². The molecule has 4 rings (SSSR count). The lowest BCUT2D eigenvalue weighted by Crippen LogP contribution is -2.70. The van der Waals surface area contributed by atoms with Crippen LogP contribution in [0.4, 0.5) is 5.13 Å². The number of β-lactam (4-membered cyclic amide) rings is 1. The van der Waals surface area contributed by atoms with Crippen molar-refractivity contribution in [3.05, 3.63) is 22.6 Å². The van der Waals surface area contributed by atoms with E-state index in [0.717, 1.165) is 17.1 Å². The fraction of sp³-hybridized carbons (Fsp3) is 0.333. The average molecular weight is 516 g/mol. The molecular formula is C15H14ClN9O4S3. The smallest absolute Gasteiger partial charge is 0.352 e. The Hall–Kier alpha value is -2.69. The first-order chi connectivity index (χ1) is 15.3. The minimum absolute atomic E-state index is 0.0450. The van der Waals surface area contributed by atoms with Gasteiger partial charge in [-0.05, 0) is 16.0 Å². The number of thioether (sulfide) groups is 2. The van der Waals surface area contributed by atoms with Gasteiger partial charge >= 0.3 is 5.97 Å². The highest BCUT2D eigenvalue weighted by molar-refractivity contribution is 8.01. The summed E-state index contributed by atoms with van der Waals surface area (Å²) in [6, 6.07) is -0.915. The van der Waals surface area contributed by atoms with E-state index in [1.165, 1.54) is 33.1 Å². The number of aromatic nitrogens is 6. The molecule has 32 heavy (non-hydrogen) atoms. The number of nitrogens with zero attached hydrogens (tertiary/aromatic N) is 7. The van der Waals surface area contributed by atoms with Gasteiger partial charge in [0.2, 0.25) is 5.16 Å². The Morgan fingerprint density at radius 2 is 2.25 bits per heavy atom. The van der Waals surface area contributed by atoms with E-state index in [-0.39, 0.29) is 22.2 Å². The summed E-state index contributed by atoms with van der Waals surface area (Å²) >= 11 is 9.28. The first-order valence-corrected chi connectivity index (χ1v) is 12.0. The molecule has 13 nitrogen and oxygen atoms in total. The Morgan fingerprint density at radius 1 is 1.47 bits per heavy atom. The van der Waals surface area contributed by atoms with Crippen molar-refractivity contribution >= 4 is 75.1 Å². The van der Waals surface area contributed by atoms with Gasteiger partial charge in [0, 0.05) is 35.6 Å². The van der Waals surface area contributed by atoms with E-state index < -0.39 is 29.2 Å². The number of carbonyl (C=O) groups is 3. The van der Waals surface area contributed by atoms with Crippen LogP contribution < -0.4 is 11.1 Å². The molecule has 4 N–H and O–H groups in total. The van der Waals surface area contributed by atoms with Crippen molar-refractivity contribution in [2.24, 2.45) is 7.05 Å². The number of hydrogen-bond donors (Lipinski definition) is 3. The summed E-state index contributed by atoms with van der Waals surface area (Å²) < 4.78 is 5.41. The number of aryl methyl sites for hydroxylation is 1. The summed E-state index contributed by atoms with van der Waals surface area (Å²) in [5, 5.41) is 23.6. The van der Waals surface area contributed by atoms with Crippen LogP contribution in [0.2, 0.25) is 0 Å². The fourth-order valence-corrected chi connectivity index (χ4v) is 6.03. The first kappa shape index (κ1) is 22.5. The lowest BCUT2D eigenvalue weighted by molar-refractivity contribution is -0.150. The summed E-state index contributed by atoms with van der Waals surface area (Å²) in [6.45, 7) is 0. The molecule has 2 aliphatic heterocycles. The molecule has 4 heterocycles. The molecule has 0 spiro atoms. The molecule has 2 aromatic heterocycles. The summed E-state index contributed by atoms with van der Waals surface area (Å²) in [5.41, 5.74) is 6.98. The van der Waals surface area contributed by atoms with Gasteiger partial charge in [-0.3, -0.25) is 14.5 Å². The molecular weight excluding hydrogens is 502 g/mol. The maximum absolute atomic E-state index is 12.8. The highest BCUT2D eigenvalue weighted by Crippen LogP contribution is 2.41. The predicted molar refractivity (Wildman–Crippen MR) is 117 cm³/mol.